The molecule has 3 aliphatic carbocycles. The summed E-state index contributed by atoms with van der Waals surface area (Å²) in [4.78, 5) is 38.9. The maximum absolute atomic E-state index is 12.8. The molecule has 4 atom stereocenters. The monoisotopic (exact) mass is 371 g/mol. The average Bonchev–Trinajstić information content (AvgIpc) is 2.78. The first-order valence-electron chi connectivity index (χ1n) is 7.45. The summed E-state index contributed by atoms with van der Waals surface area (Å²) in [7, 11) is 0. The average molecular weight is 373 g/mol. The highest BCUT2D eigenvalue weighted by atomic mass is 35.5. The molecule has 0 radical (unpaired) electrons. The van der Waals surface area contributed by atoms with Crippen LogP contribution >= 0.6 is 34.8 Å². The molecule has 1 aromatic carbocycles. The van der Waals surface area contributed by atoms with Crippen molar-refractivity contribution < 1.29 is 14.4 Å². The van der Waals surface area contributed by atoms with Crippen molar-refractivity contribution in [2.45, 2.75) is 19.3 Å². The summed E-state index contributed by atoms with van der Waals surface area (Å²) < 4.78 is 0. The molecule has 0 unspecified atom stereocenters. The maximum atomic E-state index is 12.8. The second kappa shape index (κ2) is 5.20. The number of hydrogen-bond acceptors (Lipinski definition) is 3. The molecule has 1 heterocycles. The van der Waals surface area contributed by atoms with Crippen molar-refractivity contribution in [1.29, 1.82) is 0 Å². The summed E-state index contributed by atoms with van der Waals surface area (Å²) in [5.74, 6) is -1.75. The van der Waals surface area contributed by atoms with E-state index in [4.69, 9.17) is 34.8 Å². The highest BCUT2D eigenvalue weighted by molar-refractivity contribution is 6.48. The highest BCUT2D eigenvalue weighted by Crippen LogP contribution is 2.52. The Labute approximate surface area is 147 Å². The van der Waals surface area contributed by atoms with Gasteiger partial charge in [0.15, 0.2) is 0 Å². The van der Waals surface area contributed by atoms with Gasteiger partial charge in [0.25, 0.3) is 0 Å². The van der Waals surface area contributed by atoms with Gasteiger partial charge in [-0.2, -0.15) is 0 Å². The van der Waals surface area contributed by atoms with Crippen LogP contribution in [0.1, 0.15) is 19.3 Å². The largest absolute Gasteiger partial charge is 0.299 e. The number of hydrogen-bond donors (Lipinski definition) is 0. The number of carbonyl (C=O) groups excluding carboxylic acids is 3. The molecule has 4 nitrogen and oxygen atoms in total. The molecule has 0 spiro atoms. The van der Waals surface area contributed by atoms with Crippen LogP contribution in [0.15, 0.2) is 12.1 Å². The zero-order valence-corrected chi connectivity index (χ0v) is 14.2. The molecular weight excluding hydrogens is 361 g/mol. The topological polar surface area (TPSA) is 54.5 Å². The number of anilines is 1. The molecule has 3 saturated carbocycles. The number of amides is 2. The number of Topliss-reactive ketones (excluding diaryl/α,β-unsaturated/α-hetero) is 1. The molecule has 0 N–H and O–H groups in total. The fourth-order valence-electron chi connectivity index (χ4n) is 4.31. The van der Waals surface area contributed by atoms with E-state index in [1.54, 1.807) is 0 Å². The van der Waals surface area contributed by atoms with Crippen molar-refractivity contribution in [3.63, 3.8) is 0 Å². The third kappa shape index (κ3) is 2.08. The predicted molar refractivity (Wildman–Crippen MR) is 86.8 cm³/mol. The number of fused-ring (bicyclic) bond motifs is 2. The summed E-state index contributed by atoms with van der Waals surface area (Å²) in [6, 6.07) is 2.93. The minimum Gasteiger partial charge on any atom is -0.299 e. The normalized spacial score (nSPS) is 32.7. The van der Waals surface area contributed by atoms with Crippen molar-refractivity contribution in [3.8, 4) is 0 Å². The van der Waals surface area contributed by atoms with Crippen LogP contribution in [0.25, 0.3) is 0 Å². The van der Waals surface area contributed by atoms with E-state index in [2.05, 4.69) is 0 Å². The van der Waals surface area contributed by atoms with Crippen molar-refractivity contribution in [3.05, 3.63) is 27.2 Å². The fourth-order valence-corrected chi connectivity index (χ4v) is 4.89. The first-order valence-corrected chi connectivity index (χ1v) is 8.58. The Morgan fingerprint density at radius 3 is 2.13 bits per heavy atom. The van der Waals surface area contributed by atoms with Gasteiger partial charge in [0.05, 0.1) is 32.6 Å². The lowest BCUT2D eigenvalue weighted by atomic mass is 9.59. The lowest BCUT2D eigenvalue weighted by molar-refractivity contribution is -0.143. The number of carbonyl (C=O) groups is 3. The van der Waals surface area contributed by atoms with Crippen molar-refractivity contribution in [1.82, 2.24) is 0 Å². The van der Waals surface area contributed by atoms with E-state index in [9.17, 15) is 14.4 Å². The van der Waals surface area contributed by atoms with Gasteiger partial charge >= 0.3 is 0 Å². The zero-order valence-electron chi connectivity index (χ0n) is 11.9. The number of halogens is 3. The van der Waals surface area contributed by atoms with Crippen LogP contribution in [-0.4, -0.2) is 17.6 Å². The van der Waals surface area contributed by atoms with E-state index >= 15 is 0 Å². The summed E-state index contributed by atoms with van der Waals surface area (Å²) >= 11 is 18.0. The van der Waals surface area contributed by atoms with Gasteiger partial charge in [0.1, 0.15) is 5.78 Å². The van der Waals surface area contributed by atoms with E-state index in [0.717, 1.165) is 11.3 Å². The van der Waals surface area contributed by atoms with Gasteiger partial charge in [0.2, 0.25) is 11.8 Å². The summed E-state index contributed by atoms with van der Waals surface area (Å²) in [6.45, 7) is 0. The molecule has 0 aromatic heterocycles. The van der Waals surface area contributed by atoms with Crippen LogP contribution in [0.3, 0.4) is 0 Å². The molecule has 4 fully saturated rings. The second-order valence-corrected chi connectivity index (χ2v) is 7.59. The van der Waals surface area contributed by atoms with Crippen LogP contribution in [0.2, 0.25) is 15.1 Å². The quantitative estimate of drug-likeness (QED) is 0.557. The Morgan fingerprint density at radius 1 is 0.913 bits per heavy atom. The SMILES string of the molecule is O=C1C[C@H]2CC[C@@H]1[C@H]1C(=O)N(c3cc(Cl)c(Cl)c(Cl)c3)C(=O)[C@@H]21. The standard InChI is InChI=1S/C16H12Cl3NO3/c17-9-4-7(5-10(18)14(9)19)20-15(22)12-6-1-2-8(11(21)3-6)13(12)16(20)23/h4-6,8,12-13H,1-3H2/t6-,8+,12+,13-/m1/s1. The van der Waals surface area contributed by atoms with Crippen LogP contribution < -0.4 is 4.90 Å². The van der Waals surface area contributed by atoms with Gasteiger partial charge in [-0.15, -0.1) is 0 Å². The zero-order chi connectivity index (χ0) is 16.5. The Hall–Kier alpha value is -1.10. The van der Waals surface area contributed by atoms with Crippen LogP contribution in [0.5, 0.6) is 0 Å². The first-order chi connectivity index (χ1) is 10.9. The van der Waals surface area contributed by atoms with Crippen LogP contribution in [0.4, 0.5) is 5.69 Å². The first kappa shape index (κ1) is 15.4. The molecule has 23 heavy (non-hydrogen) atoms. The Balaban J connectivity index is 1.79. The number of ketones is 1. The van der Waals surface area contributed by atoms with Gasteiger partial charge in [-0.1, -0.05) is 34.8 Å². The lowest BCUT2D eigenvalue weighted by Crippen LogP contribution is -2.46. The number of rotatable bonds is 1. The number of nitrogens with zero attached hydrogens (tertiary/aromatic N) is 1. The van der Waals surface area contributed by atoms with E-state index < -0.39 is 11.8 Å². The van der Waals surface area contributed by atoms with Crippen molar-refractivity contribution in [2.75, 3.05) is 4.90 Å². The molecule has 2 amide bonds. The van der Waals surface area contributed by atoms with Crippen LogP contribution in [-0.2, 0) is 14.4 Å². The van der Waals surface area contributed by atoms with Crippen molar-refractivity contribution >= 4 is 58.1 Å². The Morgan fingerprint density at radius 2 is 1.52 bits per heavy atom. The van der Waals surface area contributed by atoms with Crippen LogP contribution in [0, 0.1) is 23.7 Å². The Kier molecular flexibility index (Phi) is 3.49. The summed E-state index contributed by atoms with van der Waals surface area (Å²) in [6.07, 6.45) is 1.92. The molecule has 1 aliphatic heterocycles. The molecule has 2 bridgehead atoms. The summed E-state index contributed by atoms with van der Waals surface area (Å²) in [5, 5.41) is 0.552. The molecule has 120 valence electrons. The van der Waals surface area contributed by atoms with Crippen molar-refractivity contribution in [2.24, 2.45) is 23.7 Å². The van der Waals surface area contributed by atoms with E-state index in [-0.39, 0.29) is 44.5 Å². The van der Waals surface area contributed by atoms with E-state index in [0.29, 0.717) is 18.5 Å². The minimum absolute atomic E-state index is 0.0304. The van der Waals surface area contributed by atoms with Gasteiger partial charge in [-0.25, -0.2) is 4.90 Å². The maximum Gasteiger partial charge on any atom is 0.238 e. The molecule has 4 aliphatic rings. The molecule has 5 rings (SSSR count). The number of imide groups is 1. The minimum atomic E-state index is -0.532. The smallest absolute Gasteiger partial charge is 0.238 e. The van der Waals surface area contributed by atoms with Gasteiger partial charge in [0, 0.05) is 12.3 Å². The highest BCUT2D eigenvalue weighted by Gasteiger charge is 2.61. The molecule has 7 heteroatoms. The molecule has 1 aromatic rings. The third-order valence-corrected chi connectivity index (χ3v) is 6.49. The van der Waals surface area contributed by atoms with E-state index in [1.807, 2.05) is 0 Å². The fraction of sp³-hybridized carbons (Fsp3) is 0.438. The molecule has 1 saturated heterocycles. The predicted octanol–water partition coefficient (Wildman–Crippen LogP) is 3.75. The van der Waals surface area contributed by atoms with Gasteiger partial charge in [-0.05, 0) is 30.9 Å². The Bertz CT molecular complexity index is 740. The summed E-state index contributed by atoms with van der Waals surface area (Å²) in [5.41, 5.74) is 0.320. The lowest BCUT2D eigenvalue weighted by Gasteiger charge is -2.41. The van der Waals surface area contributed by atoms with E-state index in [1.165, 1.54) is 12.1 Å². The van der Waals surface area contributed by atoms with Gasteiger partial charge in [-0.3, -0.25) is 14.4 Å². The third-order valence-electron chi connectivity index (χ3n) is 5.29. The van der Waals surface area contributed by atoms with Gasteiger partial charge < -0.3 is 0 Å². The molecular formula is C16H12Cl3NO3. The second-order valence-electron chi connectivity index (χ2n) is 6.40. The number of benzene rings is 1.